The lowest BCUT2D eigenvalue weighted by atomic mass is 10.1. The zero-order chi connectivity index (χ0) is 15.3. The standard InChI is InChI=1S/C16H24BrNO2S/c1-12-4-5-15(14(17)8-12)20-10-13(19)9-18-11-16(2)6-3-7-21-16/h4-5,8,13,18-19H,3,6-7,9-11H2,1-2H3. The number of thioether (sulfide) groups is 1. The third-order valence-corrected chi connectivity index (χ3v) is 5.86. The van der Waals surface area contributed by atoms with Crippen LogP contribution in [-0.4, -0.2) is 41.4 Å². The molecule has 5 heteroatoms. The molecule has 1 aliphatic rings. The van der Waals surface area contributed by atoms with Crippen molar-refractivity contribution >= 4 is 27.7 Å². The number of aryl methyl sites for hydroxylation is 1. The number of aliphatic hydroxyl groups is 1. The molecule has 1 aliphatic heterocycles. The first-order chi connectivity index (χ1) is 9.98. The maximum absolute atomic E-state index is 10.0. The fourth-order valence-electron chi connectivity index (χ4n) is 2.45. The van der Waals surface area contributed by atoms with Gasteiger partial charge in [-0.15, -0.1) is 0 Å². The van der Waals surface area contributed by atoms with E-state index in [0.29, 0.717) is 17.9 Å². The van der Waals surface area contributed by atoms with Crippen molar-refractivity contribution in [1.82, 2.24) is 5.32 Å². The minimum atomic E-state index is -0.492. The Morgan fingerprint density at radius 2 is 2.33 bits per heavy atom. The largest absolute Gasteiger partial charge is 0.490 e. The maximum Gasteiger partial charge on any atom is 0.133 e. The fraction of sp³-hybridized carbons (Fsp3) is 0.625. The Hall–Kier alpha value is -0.230. The summed E-state index contributed by atoms with van der Waals surface area (Å²) in [5, 5.41) is 13.4. The van der Waals surface area contributed by atoms with Gasteiger partial charge < -0.3 is 15.2 Å². The van der Waals surface area contributed by atoms with Gasteiger partial charge in [0.05, 0.1) is 4.47 Å². The van der Waals surface area contributed by atoms with Crippen molar-refractivity contribution in [2.24, 2.45) is 0 Å². The van der Waals surface area contributed by atoms with E-state index in [4.69, 9.17) is 4.74 Å². The van der Waals surface area contributed by atoms with Crippen molar-refractivity contribution in [3.8, 4) is 5.75 Å². The van der Waals surface area contributed by atoms with Crippen molar-refractivity contribution in [3.05, 3.63) is 28.2 Å². The smallest absolute Gasteiger partial charge is 0.133 e. The Kier molecular flexibility index (Phi) is 6.41. The van der Waals surface area contributed by atoms with Gasteiger partial charge in [0.15, 0.2) is 0 Å². The van der Waals surface area contributed by atoms with Crippen LogP contribution in [-0.2, 0) is 0 Å². The lowest BCUT2D eigenvalue weighted by molar-refractivity contribution is 0.105. The number of nitrogens with one attached hydrogen (secondary N) is 1. The molecule has 2 atom stereocenters. The van der Waals surface area contributed by atoms with Gasteiger partial charge >= 0.3 is 0 Å². The Morgan fingerprint density at radius 3 is 3.00 bits per heavy atom. The molecule has 2 rings (SSSR count). The zero-order valence-corrected chi connectivity index (χ0v) is 15.1. The van der Waals surface area contributed by atoms with Crippen LogP contribution < -0.4 is 10.1 Å². The van der Waals surface area contributed by atoms with Gasteiger partial charge in [0, 0.05) is 17.8 Å². The summed E-state index contributed by atoms with van der Waals surface area (Å²) in [6.45, 7) is 6.15. The summed E-state index contributed by atoms with van der Waals surface area (Å²) >= 11 is 5.50. The normalized spacial score (nSPS) is 23.2. The van der Waals surface area contributed by atoms with E-state index >= 15 is 0 Å². The first-order valence-corrected chi connectivity index (χ1v) is 9.18. The molecule has 1 saturated heterocycles. The van der Waals surface area contributed by atoms with Crippen LogP contribution in [0.25, 0.3) is 0 Å². The van der Waals surface area contributed by atoms with Crippen LogP contribution >= 0.6 is 27.7 Å². The van der Waals surface area contributed by atoms with Gasteiger partial charge in [0.2, 0.25) is 0 Å². The molecule has 1 fully saturated rings. The molecule has 0 amide bonds. The molecule has 0 aromatic heterocycles. The molecule has 118 valence electrons. The molecule has 1 aromatic rings. The van der Waals surface area contributed by atoms with E-state index in [1.807, 2.05) is 36.9 Å². The van der Waals surface area contributed by atoms with Gasteiger partial charge in [0.25, 0.3) is 0 Å². The van der Waals surface area contributed by atoms with Crippen LogP contribution in [0.1, 0.15) is 25.3 Å². The van der Waals surface area contributed by atoms with Crippen molar-refractivity contribution < 1.29 is 9.84 Å². The molecule has 0 bridgehead atoms. The van der Waals surface area contributed by atoms with Gasteiger partial charge in [-0.3, -0.25) is 0 Å². The van der Waals surface area contributed by atoms with Crippen LogP contribution in [0.15, 0.2) is 22.7 Å². The molecular formula is C16H24BrNO2S. The minimum Gasteiger partial charge on any atom is -0.490 e. The molecule has 1 heterocycles. The van der Waals surface area contributed by atoms with E-state index in [1.54, 1.807) is 0 Å². The van der Waals surface area contributed by atoms with Crippen LogP contribution in [0, 0.1) is 6.92 Å². The summed E-state index contributed by atoms with van der Waals surface area (Å²) in [6.07, 6.45) is 2.07. The number of ether oxygens (including phenoxy) is 1. The second-order valence-electron chi connectivity index (χ2n) is 5.93. The van der Waals surface area contributed by atoms with Gasteiger partial charge in [-0.05, 0) is 66.1 Å². The Morgan fingerprint density at radius 1 is 1.52 bits per heavy atom. The highest BCUT2D eigenvalue weighted by molar-refractivity contribution is 9.10. The van der Waals surface area contributed by atoms with Crippen molar-refractivity contribution in [3.63, 3.8) is 0 Å². The Labute approximate surface area is 140 Å². The quantitative estimate of drug-likeness (QED) is 0.768. The predicted octanol–water partition coefficient (Wildman–Crippen LogP) is 3.37. The molecule has 0 radical (unpaired) electrons. The fourth-order valence-corrected chi connectivity index (χ4v) is 4.33. The highest BCUT2D eigenvalue weighted by atomic mass is 79.9. The number of hydrogen-bond acceptors (Lipinski definition) is 4. The predicted molar refractivity (Wildman–Crippen MR) is 93.3 cm³/mol. The lowest BCUT2D eigenvalue weighted by Crippen LogP contribution is -2.39. The van der Waals surface area contributed by atoms with Crippen molar-refractivity contribution in [2.45, 2.75) is 37.5 Å². The summed E-state index contributed by atoms with van der Waals surface area (Å²) < 4.78 is 6.92. The van der Waals surface area contributed by atoms with Gasteiger partial charge in [0.1, 0.15) is 18.5 Å². The highest BCUT2D eigenvalue weighted by Crippen LogP contribution is 2.36. The third kappa shape index (κ3) is 5.47. The molecule has 21 heavy (non-hydrogen) atoms. The number of halogens is 1. The summed E-state index contributed by atoms with van der Waals surface area (Å²) in [5.74, 6) is 2.03. The average Bonchev–Trinajstić information content (AvgIpc) is 2.85. The zero-order valence-electron chi connectivity index (χ0n) is 12.7. The second kappa shape index (κ2) is 7.86. The van der Waals surface area contributed by atoms with E-state index in [1.165, 1.54) is 24.2 Å². The van der Waals surface area contributed by atoms with Crippen LogP contribution in [0.5, 0.6) is 5.75 Å². The average molecular weight is 374 g/mol. The maximum atomic E-state index is 10.0. The van der Waals surface area contributed by atoms with Gasteiger partial charge in [-0.1, -0.05) is 6.07 Å². The minimum absolute atomic E-state index is 0.304. The summed E-state index contributed by atoms with van der Waals surface area (Å²) in [6, 6.07) is 5.94. The van der Waals surface area contributed by atoms with Crippen LogP contribution in [0.4, 0.5) is 0 Å². The van der Waals surface area contributed by atoms with Crippen LogP contribution in [0.3, 0.4) is 0 Å². The van der Waals surface area contributed by atoms with E-state index < -0.39 is 6.10 Å². The molecule has 1 aromatic carbocycles. The summed E-state index contributed by atoms with van der Waals surface area (Å²) in [7, 11) is 0. The van der Waals surface area contributed by atoms with Gasteiger partial charge in [-0.2, -0.15) is 11.8 Å². The lowest BCUT2D eigenvalue weighted by Gasteiger charge is -2.24. The molecular weight excluding hydrogens is 350 g/mol. The van der Waals surface area contributed by atoms with Crippen molar-refractivity contribution in [1.29, 1.82) is 0 Å². The number of benzene rings is 1. The van der Waals surface area contributed by atoms with E-state index in [2.05, 4.69) is 28.2 Å². The monoisotopic (exact) mass is 373 g/mol. The summed E-state index contributed by atoms with van der Waals surface area (Å²) in [5.41, 5.74) is 1.18. The molecule has 0 aliphatic carbocycles. The van der Waals surface area contributed by atoms with E-state index in [9.17, 15) is 5.11 Å². The first kappa shape index (κ1) is 17.1. The number of rotatable bonds is 7. The van der Waals surface area contributed by atoms with Gasteiger partial charge in [-0.25, -0.2) is 0 Å². The molecule has 0 spiro atoms. The summed E-state index contributed by atoms with van der Waals surface area (Å²) in [4.78, 5) is 0. The van der Waals surface area contributed by atoms with E-state index in [-0.39, 0.29) is 0 Å². The van der Waals surface area contributed by atoms with Crippen LogP contribution in [0.2, 0.25) is 0 Å². The number of aliphatic hydroxyl groups excluding tert-OH is 1. The second-order valence-corrected chi connectivity index (χ2v) is 8.47. The Bertz CT molecular complexity index is 464. The highest BCUT2D eigenvalue weighted by Gasteiger charge is 2.28. The SMILES string of the molecule is Cc1ccc(OCC(O)CNCC2(C)CCCS2)c(Br)c1. The third-order valence-electron chi connectivity index (χ3n) is 3.70. The molecule has 2 N–H and O–H groups in total. The Balaban J connectivity index is 1.68. The molecule has 2 unspecified atom stereocenters. The molecule has 3 nitrogen and oxygen atoms in total. The first-order valence-electron chi connectivity index (χ1n) is 7.40. The molecule has 0 saturated carbocycles. The number of hydrogen-bond donors (Lipinski definition) is 2. The van der Waals surface area contributed by atoms with E-state index in [0.717, 1.165) is 16.8 Å². The topological polar surface area (TPSA) is 41.5 Å². The van der Waals surface area contributed by atoms with Crippen molar-refractivity contribution in [2.75, 3.05) is 25.4 Å².